The van der Waals surface area contributed by atoms with E-state index >= 15 is 0 Å². The number of rotatable bonds is 9. The molecule has 0 aromatic heterocycles. The van der Waals surface area contributed by atoms with Crippen LogP contribution in [0.25, 0.3) is 0 Å². The van der Waals surface area contributed by atoms with Gasteiger partial charge in [0.1, 0.15) is 5.75 Å². The van der Waals surface area contributed by atoms with Gasteiger partial charge in [-0.15, -0.1) is 0 Å². The Morgan fingerprint density at radius 1 is 1.20 bits per heavy atom. The Hall–Kier alpha value is -1.10. The minimum Gasteiger partial charge on any atom is -0.497 e. The normalized spacial score (nSPS) is 12.9. The van der Waals surface area contributed by atoms with E-state index in [9.17, 15) is 5.11 Å². The highest BCUT2D eigenvalue weighted by Crippen LogP contribution is 2.20. The second kappa shape index (κ2) is 8.95. The summed E-state index contributed by atoms with van der Waals surface area (Å²) in [6.45, 7) is 7.42. The van der Waals surface area contributed by atoms with Gasteiger partial charge < -0.3 is 14.6 Å². The van der Waals surface area contributed by atoms with Crippen LogP contribution >= 0.6 is 0 Å². The van der Waals surface area contributed by atoms with Crippen molar-refractivity contribution in [1.82, 2.24) is 4.90 Å². The first-order valence-electron chi connectivity index (χ1n) is 7.10. The molecule has 20 heavy (non-hydrogen) atoms. The van der Waals surface area contributed by atoms with Gasteiger partial charge in [-0.2, -0.15) is 0 Å². The fraction of sp³-hybridized carbons (Fsp3) is 0.625. The third-order valence-electron chi connectivity index (χ3n) is 3.14. The topological polar surface area (TPSA) is 41.9 Å². The lowest BCUT2D eigenvalue weighted by Gasteiger charge is -2.26. The zero-order chi connectivity index (χ0) is 15.0. The van der Waals surface area contributed by atoms with E-state index < -0.39 is 6.10 Å². The standard InChI is InChI=1S/C16H27NO3/c1-13(2)11-17(8-9-19-3)12-16(18)14-6-5-7-15(10-14)20-4/h5-7,10,13,16,18H,8-9,11-12H2,1-4H3. The van der Waals surface area contributed by atoms with Crippen molar-refractivity contribution in [3.8, 4) is 5.75 Å². The zero-order valence-electron chi connectivity index (χ0n) is 13.0. The second-order valence-electron chi connectivity index (χ2n) is 5.44. The van der Waals surface area contributed by atoms with Crippen LogP contribution in [-0.4, -0.2) is 50.5 Å². The number of ether oxygens (including phenoxy) is 2. The largest absolute Gasteiger partial charge is 0.497 e. The van der Waals surface area contributed by atoms with E-state index in [2.05, 4.69) is 18.7 Å². The molecular weight excluding hydrogens is 254 g/mol. The third kappa shape index (κ3) is 5.90. The van der Waals surface area contributed by atoms with Crippen molar-refractivity contribution in [1.29, 1.82) is 0 Å². The fourth-order valence-electron chi connectivity index (χ4n) is 2.19. The van der Waals surface area contributed by atoms with Gasteiger partial charge in [0.25, 0.3) is 0 Å². The maximum absolute atomic E-state index is 10.4. The fourth-order valence-corrected chi connectivity index (χ4v) is 2.19. The Balaban J connectivity index is 2.65. The molecule has 0 aliphatic heterocycles. The van der Waals surface area contributed by atoms with Crippen LogP contribution in [0, 0.1) is 5.92 Å². The Morgan fingerprint density at radius 3 is 2.55 bits per heavy atom. The van der Waals surface area contributed by atoms with Gasteiger partial charge in [-0.1, -0.05) is 26.0 Å². The molecule has 0 fully saturated rings. The van der Waals surface area contributed by atoms with Gasteiger partial charge in [-0.25, -0.2) is 0 Å². The Labute approximate surface area is 122 Å². The van der Waals surface area contributed by atoms with Crippen molar-refractivity contribution in [2.24, 2.45) is 5.92 Å². The lowest BCUT2D eigenvalue weighted by Crippen LogP contribution is -2.34. The second-order valence-corrected chi connectivity index (χ2v) is 5.44. The quantitative estimate of drug-likeness (QED) is 0.754. The van der Waals surface area contributed by atoms with Crippen LogP contribution in [0.4, 0.5) is 0 Å². The monoisotopic (exact) mass is 281 g/mol. The highest BCUT2D eigenvalue weighted by atomic mass is 16.5. The number of hydrogen-bond donors (Lipinski definition) is 1. The Morgan fingerprint density at radius 2 is 1.95 bits per heavy atom. The molecule has 1 aromatic carbocycles. The smallest absolute Gasteiger partial charge is 0.119 e. The van der Waals surface area contributed by atoms with Gasteiger partial charge in [0.15, 0.2) is 0 Å². The molecule has 1 atom stereocenters. The maximum atomic E-state index is 10.4. The molecule has 4 heteroatoms. The lowest BCUT2D eigenvalue weighted by molar-refractivity contribution is 0.0823. The first kappa shape index (κ1) is 17.0. The van der Waals surface area contributed by atoms with Crippen molar-refractivity contribution in [3.05, 3.63) is 29.8 Å². The van der Waals surface area contributed by atoms with Gasteiger partial charge >= 0.3 is 0 Å². The van der Waals surface area contributed by atoms with E-state index in [0.717, 1.165) is 24.4 Å². The number of benzene rings is 1. The van der Waals surface area contributed by atoms with Gasteiger partial charge in [0.2, 0.25) is 0 Å². The number of methoxy groups -OCH3 is 2. The van der Waals surface area contributed by atoms with E-state index in [-0.39, 0.29) is 0 Å². The van der Waals surface area contributed by atoms with Gasteiger partial charge in [0.05, 0.1) is 19.8 Å². The molecule has 0 aliphatic carbocycles. The molecule has 1 rings (SSSR count). The molecular formula is C16H27NO3. The highest BCUT2D eigenvalue weighted by Gasteiger charge is 2.15. The molecule has 0 spiro atoms. The molecule has 0 amide bonds. The number of hydrogen-bond acceptors (Lipinski definition) is 4. The van der Waals surface area contributed by atoms with Crippen LogP contribution in [-0.2, 0) is 4.74 Å². The minimum absolute atomic E-state index is 0.513. The Bertz CT molecular complexity index is 382. The highest BCUT2D eigenvalue weighted by molar-refractivity contribution is 5.29. The summed E-state index contributed by atoms with van der Waals surface area (Å²) in [6.07, 6.45) is -0.513. The summed E-state index contributed by atoms with van der Waals surface area (Å²) in [5.74, 6) is 1.33. The summed E-state index contributed by atoms with van der Waals surface area (Å²) < 4.78 is 10.3. The van der Waals surface area contributed by atoms with E-state index in [1.807, 2.05) is 24.3 Å². The molecule has 0 saturated carbocycles. The molecule has 114 valence electrons. The van der Waals surface area contributed by atoms with E-state index in [0.29, 0.717) is 19.1 Å². The molecule has 4 nitrogen and oxygen atoms in total. The van der Waals surface area contributed by atoms with Gasteiger partial charge in [-0.05, 0) is 23.6 Å². The molecule has 1 aromatic rings. The molecule has 0 bridgehead atoms. The third-order valence-corrected chi connectivity index (χ3v) is 3.14. The van der Waals surface area contributed by atoms with Crippen LogP contribution in [0.5, 0.6) is 5.75 Å². The van der Waals surface area contributed by atoms with E-state index in [1.54, 1.807) is 14.2 Å². The van der Waals surface area contributed by atoms with Crippen molar-refractivity contribution in [2.75, 3.05) is 40.5 Å². The number of aliphatic hydroxyl groups excluding tert-OH is 1. The van der Waals surface area contributed by atoms with Crippen molar-refractivity contribution in [2.45, 2.75) is 20.0 Å². The first-order chi connectivity index (χ1) is 9.56. The predicted molar refractivity (Wildman–Crippen MR) is 81.1 cm³/mol. The molecule has 1 N–H and O–H groups in total. The van der Waals surface area contributed by atoms with Crippen molar-refractivity contribution < 1.29 is 14.6 Å². The predicted octanol–water partition coefficient (Wildman–Crippen LogP) is 2.33. The van der Waals surface area contributed by atoms with Crippen LogP contribution in [0.3, 0.4) is 0 Å². The lowest BCUT2D eigenvalue weighted by atomic mass is 10.1. The number of aliphatic hydroxyl groups is 1. The average Bonchev–Trinajstić information content (AvgIpc) is 2.44. The molecule has 0 aliphatic rings. The maximum Gasteiger partial charge on any atom is 0.119 e. The van der Waals surface area contributed by atoms with Gasteiger partial charge in [-0.3, -0.25) is 4.90 Å². The number of nitrogens with zero attached hydrogens (tertiary/aromatic N) is 1. The van der Waals surface area contributed by atoms with E-state index in [4.69, 9.17) is 9.47 Å². The summed E-state index contributed by atoms with van der Waals surface area (Å²) in [6, 6.07) is 7.60. The summed E-state index contributed by atoms with van der Waals surface area (Å²) in [7, 11) is 3.33. The molecule has 1 unspecified atom stereocenters. The SMILES string of the molecule is COCCN(CC(C)C)CC(O)c1cccc(OC)c1. The first-order valence-corrected chi connectivity index (χ1v) is 7.10. The summed E-state index contributed by atoms with van der Waals surface area (Å²) >= 11 is 0. The van der Waals surface area contributed by atoms with E-state index in [1.165, 1.54) is 0 Å². The molecule has 0 radical (unpaired) electrons. The van der Waals surface area contributed by atoms with Gasteiger partial charge in [0, 0.05) is 26.7 Å². The van der Waals surface area contributed by atoms with Crippen molar-refractivity contribution in [3.63, 3.8) is 0 Å². The van der Waals surface area contributed by atoms with Crippen LogP contribution in [0.2, 0.25) is 0 Å². The average molecular weight is 281 g/mol. The zero-order valence-corrected chi connectivity index (χ0v) is 13.0. The van der Waals surface area contributed by atoms with Crippen LogP contribution in [0.15, 0.2) is 24.3 Å². The summed E-state index contributed by atoms with van der Waals surface area (Å²) in [4.78, 5) is 2.23. The van der Waals surface area contributed by atoms with Crippen LogP contribution in [0.1, 0.15) is 25.5 Å². The van der Waals surface area contributed by atoms with Crippen molar-refractivity contribution >= 4 is 0 Å². The summed E-state index contributed by atoms with van der Waals surface area (Å²) in [5.41, 5.74) is 0.885. The molecule has 0 saturated heterocycles. The Kier molecular flexibility index (Phi) is 7.59. The molecule has 0 heterocycles. The summed E-state index contributed by atoms with van der Waals surface area (Å²) in [5, 5.41) is 10.4. The minimum atomic E-state index is -0.513. The van der Waals surface area contributed by atoms with Crippen LogP contribution < -0.4 is 4.74 Å².